The van der Waals surface area contributed by atoms with Crippen LogP contribution in [0, 0.1) is 11.3 Å². The Bertz CT molecular complexity index is 1770. The second kappa shape index (κ2) is 14.5. The number of carbonyl (C=O) groups is 1. The summed E-state index contributed by atoms with van der Waals surface area (Å²) in [5, 5.41) is 45.1. The molecule has 8 nitrogen and oxygen atoms in total. The van der Waals surface area contributed by atoms with Crippen molar-refractivity contribution in [3.63, 3.8) is 0 Å². The molecule has 0 spiro atoms. The van der Waals surface area contributed by atoms with Crippen LogP contribution in [-0.4, -0.2) is 53.1 Å². The van der Waals surface area contributed by atoms with Crippen LogP contribution >= 0.6 is 0 Å². The van der Waals surface area contributed by atoms with E-state index in [1.807, 2.05) is 48.5 Å². The molecule has 5 rings (SSSR count). The third-order valence-electron chi connectivity index (χ3n) is 8.83. The number of nitrogens with zero attached hydrogens (tertiary/aromatic N) is 1. The quantitative estimate of drug-likeness (QED) is 0.122. The van der Waals surface area contributed by atoms with E-state index in [-0.39, 0.29) is 48.2 Å². The number of methoxy groups -OCH3 is 2. The highest BCUT2D eigenvalue weighted by Crippen LogP contribution is 2.36. The summed E-state index contributed by atoms with van der Waals surface area (Å²) < 4.78 is 10.6. The highest BCUT2D eigenvalue weighted by Gasteiger charge is 2.40. The van der Waals surface area contributed by atoms with Gasteiger partial charge in [-0.15, -0.1) is 0 Å². The molecule has 0 saturated heterocycles. The number of ketones is 1. The van der Waals surface area contributed by atoms with E-state index in [1.54, 1.807) is 42.7 Å². The van der Waals surface area contributed by atoms with E-state index in [9.17, 15) is 25.2 Å². The number of aliphatic hydroxyl groups is 2. The number of fused-ring (bicyclic) bond motifs is 1. The molecule has 1 heterocycles. The molecule has 5 aromatic rings. The number of aromatic hydroxyl groups is 2. The highest BCUT2D eigenvalue weighted by molar-refractivity contribution is 5.87. The number of phenols is 2. The van der Waals surface area contributed by atoms with E-state index in [0.29, 0.717) is 24.2 Å². The molecule has 0 fully saturated rings. The molecule has 0 aliphatic heterocycles. The second-order valence-electron chi connectivity index (χ2n) is 12.0. The zero-order valence-corrected chi connectivity index (χ0v) is 26.1. The molecule has 0 bridgehead atoms. The van der Waals surface area contributed by atoms with E-state index in [0.717, 1.165) is 27.5 Å². The van der Waals surface area contributed by atoms with Gasteiger partial charge in [0.2, 0.25) is 0 Å². The molecule has 0 saturated carbocycles. The van der Waals surface area contributed by atoms with Crippen molar-refractivity contribution in [1.29, 1.82) is 0 Å². The Morgan fingerprint density at radius 3 is 1.98 bits per heavy atom. The second-order valence-corrected chi connectivity index (χ2v) is 12.0. The molecule has 4 N–H and O–H groups in total. The first-order chi connectivity index (χ1) is 22.2. The minimum atomic E-state index is -1.26. The number of aromatic nitrogens is 1. The Hall–Kier alpha value is -4.79. The molecule has 1 aromatic heterocycles. The van der Waals surface area contributed by atoms with Crippen molar-refractivity contribution in [2.75, 3.05) is 20.8 Å². The van der Waals surface area contributed by atoms with Crippen LogP contribution in [0.15, 0.2) is 97.3 Å². The minimum absolute atomic E-state index is 0.0195. The smallest absolute Gasteiger partial charge is 0.160 e. The molecular weight excluding hydrogens is 582 g/mol. The number of aliphatic hydroxyl groups excluding tert-OH is 2. The van der Waals surface area contributed by atoms with Crippen LogP contribution in [0.5, 0.6) is 23.0 Å². The average molecular weight is 623 g/mol. The van der Waals surface area contributed by atoms with Gasteiger partial charge in [-0.05, 0) is 83.3 Å². The number of rotatable bonds is 15. The molecule has 0 aliphatic carbocycles. The molecule has 0 radical (unpaired) electrons. The summed E-state index contributed by atoms with van der Waals surface area (Å²) in [5.41, 5.74) is 2.11. The predicted molar refractivity (Wildman–Crippen MR) is 176 cm³/mol. The first-order valence-corrected chi connectivity index (χ1v) is 15.3. The topological polar surface area (TPSA) is 131 Å². The molecule has 0 unspecified atom stereocenters. The normalized spacial score (nSPS) is 14.0. The molecule has 3 atom stereocenters. The fraction of sp³-hybridized carbons (Fsp3) is 0.289. The van der Waals surface area contributed by atoms with Crippen molar-refractivity contribution in [2.24, 2.45) is 11.3 Å². The number of hydrogen-bond donors (Lipinski definition) is 4. The zero-order valence-electron chi connectivity index (χ0n) is 26.1. The van der Waals surface area contributed by atoms with Crippen LogP contribution in [0.25, 0.3) is 10.8 Å². The van der Waals surface area contributed by atoms with Gasteiger partial charge in [0.25, 0.3) is 0 Å². The van der Waals surface area contributed by atoms with E-state index < -0.39 is 18.1 Å². The first-order valence-electron chi connectivity index (χ1n) is 15.3. The van der Waals surface area contributed by atoms with E-state index >= 15 is 0 Å². The maximum absolute atomic E-state index is 14.4. The predicted octanol–water partition coefficient (Wildman–Crippen LogP) is 5.41. The number of ether oxygens (including phenoxy) is 2. The average Bonchev–Trinajstić information content (AvgIpc) is 3.59. The number of hydrogen-bond acceptors (Lipinski definition) is 7. The molecule has 240 valence electrons. The number of benzene rings is 4. The maximum Gasteiger partial charge on any atom is 0.160 e. The largest absolute Gasteiger partial charge is 0.670 e. The Morgan fingerprint density at radius 2 is 1.35 bits per heavy atom. The van der Waals surface area contributed by atoms with Gasteiger partial charge in [0.15, 0.2) is 23.0 Å². The van der Waals surface area contributed by atoms with Crippen LogP contribution in [0.4, 0.5) is 0 Å². The SMILES string of the molecule is COc1cc(C[C@H](Cc2cc[n-]c2)[C@H](O)CC(=O)[C@@](CO)(Cc2ccc(O)c(OC)c2)Cc2ccc3ccccc3c2)ccc1O. The number of Topliss-reactive ketones (excluding diaryl/α,β-unsaturated/α-hetero) is 1. The van der Waals surface area contributed by atoms with Crippen LogP contribution in [0.1, 0.15) is 28.7 Å². The van der Waals surface area contributed by atoms with Crippen molar-refractivity contribution < 1.29 is 34.7 Å². The summed E-state index contributed by atoms with van der Waals surface area (Å²) in [6.45, 7) is -0.443. The highest BCUT2D eigenvalue weighted by atomic mass is 16.5. The molecular formula is C38H40NO7-. The third-order valence-corrected chi connectivity index (χ3v) is 8.83. The van der Waals surface area contributed by atoms with Gasteiger partial charge in [-0.1, -0.05) is 66.2 Å². The van der Waals surface area contributed by atoms with Crippen molar-refractivity contribution in [3.05, 3.63) is 120 Å². The van der Waals surface area contributed by atoms with Crippen LogP contribution in [0.3, 0.4) is 0 Å². The summed E-state index contributed by atoms with van der Waals surface area (Å²) in [6.07, 6.45) is 3.53. The Morgan fingerprint density at radius 1 is 0.761 bits per heavy atom. The van der Waals surface area contributed by atoms with E-state index in [4.69, 9.17) is 9.47 Å². The molecule has 0 aliphatic rings. The summed E-state index contributed by atoms with van der Waals surface area (Å²) in [6, 6.07) is 25.8. The van der Waals surface area contributed by atoms with Crippen molar-refractivity contribution in [3.8, 4) is 23.0 Å². The van der Waals surface area contributed by atoms with Gasteiger partial charge in [0.1, 0.15) is 5.78 Å². The van der Waals surface area contributed by atoms with Crippen LogP contribution < -0.4 is 14.5 Å². The van der Waals surface area contributed by atoms with Gasteiger partial charge in [0, 0.05) is 6.42 Å². The van der Waals surface area contributed by atoms with Gasteiger partial charge in [0.05, 0.1) is 32.3 Å². The van der Waals surface area contributed by atoms with Gasteiger partial charge >= 0.3 is 0 Å². The Labute approximate surface area is 268 Å². The van der Waals surface area contributed by atoms with Gasteiger partial charge in [-0.25, -0.2) is 0 Å². The molecule has 0 amide bonds. The zero-order chi connectivity index (χ0) is 32.7. The van der Waals surface area contributed by atoms with Crippen molar-refractivity contribution >= 4 is 16.6 Å². The van der Waals surface area contributed by atoms with Gasteiger partial charge in [-0.2, -0.15) is 12.4 Å². The van der Waals surface area contributed by atoms with Crippen LogP contribution in [-0.2, 0) is 30.5 Å². The summed E-state index contributed by atoms with van der Waals surface area (Å²) in [4.78, 5) is 18.6. The number of carbonyl (C=O) groups excluding carboxylic acids is 1. The lowest BCUT2D eigenvalue weighted by atomic mass is 9.71. The first kappa shape index (κ1) is 32.6. The van der Waals surface area contributed by atoms with Crippen LogP contribution in [0.2, 0.25) is 0 Å². The Balaban J connectivity index is 1.47. The van der Waals surface area contributed by atoms with E-state index in [1.165, 1.54) is 20.3 Å². The standard InChI is InChI=1S/C38H40NO7/c1-45-35-18-25(8-11-32(35)41)15-31(17-28-13-14-39-23-28)34(43)20-37(44)38(24-40,22-27-9-12-33(42)36(19-27)46-2)21-26-7-10-29-5-3-4-6-30(29)16-26/h3-14,16,18-19,23,31,34,40-43H,15,17,20-22,24H2,1-2H3/q-1/t31-,34-,38-/m1/s1. The fourth-order valence-corrected chi connectivity index (χ4v) is 6.24. The molecule has 46 heavy (non-hydrogen) atoms. The van der Waals surface area contributed by atoms with Crippen molar-refractivity contribution in [1.82, 2.24) is 4.98 Å². The molecule has 8 heteroatoms. The van der Waals surface area contributed by atoms with Gasteiger partial charge < -0.3 is 34.9 Å². The maximum atomic E-state index is 14.4. The molecule has 4 aromatic carbocycles. The monoisotopic (exact) mass is 622 g/mol. The number of phenolic OH excluding ortho intramolecular Hbond substituents is 2. The lowest BCUT2D eigenvalue weighted by molar-refractivity contribution is -0.134. The lowest BCUT2D eigenvalue weighted by Gasteiger charge is -2.33. The van der Waals surface area contributed by atoms with Crippen molar-refractivity contribution in [2.45, 2.75) is 38.2 Å². The minimum Gasteiger partial charge on any atom is -0.670 e. The van der Waals surface area contributed by atoms with E-state index in [2.05, 4.69) is 4.98 Å². The Kier molecular flexibility index (Phi) is 10.3. The third kappa shape index (κ3) is 7.53. The summed E-state index contributed by atoms with van der Waals surface area (Å²) >= 11 is 0. The van der Waals surface area contributed by atoms with Gasteiger partial charge in [-0.3, -0.25) is 4.79 Å². The lowest BCUT2D eigenvalue weighted by Crippen LogP contribution is -2.42. The fourth-order valence-electron chi connectivity index (χ4n) is 6.24. The summed E-state index contributed by atoms with van der Waals surface area (Å²) in [7, 11) is 2.94. The summed E-state index contributed by atoms with van der Waals surface area (Å²) in [5.74, 6) is -0.0326.